The number of nitrogens with zero attached hydrogens (tertiary/aromatic N) is 2. The van der Waals surface area contributed by atoms with E-state index in [0.717, 1.165) is 28.7 Å². The van der Waals surface area contributed by atoms with Crippen LogP contribution in [0.15, 0.2) is 48.5 Å². The molecule has 0 bridgehead atoms. The van der Waals surface area contributed by atoms with Crippen LogP contribution in [0.5, 0.6) is 0 Å². The van der Waals surface area contributed by atoms with E-state index in [4.69, 9.17) is 9.72 Å². The Labute approximate surface area is 180 Å². The predicted molar refractivity (Wildman–Crippen MR) is 116 cm³/mol. The van der Waals surface area contributed by atoms with Gasteiger partial charge in [0.15, 0.2) is 6.29 Å². The smallest absolute Gasteiger partial charge is 0.410 e. The monoisotopic (exact) mass is 418 g/mol. The van der Waals surface area contributed by atoms with Gasteiger partial charge in [-0.3, -0.25) is 14.7 Å². The highest BCUT2D eigenvalue weighted by Crippen LogP contribution is 2.41. The van der Waals surface area contributed by atoms with Gasteiger partial charge in [0.2, 0.25) is 0 Å². The van der Waals surface area contributed by atoms with E-state index in [9.17, 15) is 14.0 Å². The van der Waals surface area contributed by atoms with Crippen LogP contribution in [-0.4, -0.2) is 29.4 Å². The summed E-state index contributed by atoms with van der Waals surface area (Å²) in [6.45, 7) is 4.55. The van der Waals surface area contributed by atoms with E-state index in [-0.39, 0.29) is 18.3 Å². The molecule has 1 aliphatic rings. The Morgan fingerprint density at radius 1 is 1.13 bits per heavy atom. The number of aldehydes is 1. The van der Waals surface area contributed by atoms with E-state index < -0.39 is 6.09 Å². The zero-order valence-corrected chi connectivity index (χ0v) is 17.7. The lowest BCUT2D eigenvalue weighted by Gasteiger charge is -2.23. The van der Waals surface area contributed by atoms with Crippen molar-refractivity contribution in [2.24, 2.45) is 0 Å². The zero-order chi connectivity index (χ0) is 22.1. The number of carbonyl (C=O) groups is 2. The molecule has 3 aromatic rings. The molecule has 0 aliphatic carbocycles. The number of rotatable bonds is 3. The molecule has 0 spiro atoms. The number of aromatic nitrogens is 1. The van der Waals surface area contributed by atoms with Crippen molar-refractivity contribution in [1.82, 2.24) is 9.88 Å². The van der Waals surface area contributed by atoms with Crippen molar-refractivity contribution in [3.8, 4) is 22.4 Å². The van der Waals surface area contributed by atoms with Crippen molar-refractivity contribution < 1.29 is 18.7 Å². The molecule has 31 heavy (non-hydrogen) atoms. The van der Waals surface area contributed by atoms with Gasteiger partial charge in [-0.25, -0.2) is 9.18 Å². The highest BCUT2D eigenvalue weighted by atomic mass is 19.1. The lowest BCUT2D eigenvalue weighted by atomic mass is 9.88. The van der Waals surface area contributed by atoms with Gasteiger partial charge in [-0.05, 0) is 29.2 Å². The first kappa shape index (κ1) is 20.7. The first-order chi connectivity index (χ1) is 14.9. The Bertz CT molecular complexity index is 1160. The number of methoxy groups -OCH3 is 1. The minimum absolute atomic E-state index is 0.00294. The Morgan fingerprint density at radius 2 is 1.84 bits per heavy atom. The van der Waals surface area contributed by atoms with Crippen LogP contribution in [0, 0.1) is 5.82 Å². The number of benzene rings is 2. The Hall–Kier alpha value is -3.54. The first-order valence-corrected chi connectivity index (χ1v) is 10.1. The Balaban J connectivity index is 2.11. The summed E-state index contributed by atoms with van der Waals surface area (Å²) in [5.74, 6) is -0.362. The summed E-state index contributed by atoms with van der Waals surface area (Å²) >= 11 is 0. The summed E-state index contributed by atoms with van der Waals surface area (Å²) < 4.78 is 18.7. The fraction of sp³-hybridized carbons (Fsp3) is 0.240. The summed E-state index contributed by atoms with van der Waals surface area (Å²) in [6, 6.07) is 13.8. The van der Waals surface area contributed by atoms with Crippen molar-refractivity contribution >= 4 is 12.4 Å². The van der Waals surface area contributed by atoms with Gasteiger partial charge in [-0.2, -0.15) is 0 Å². The van der Waals surface area contributed by atoms with Crippen molar-refractivity contribution in [1.29, 1.82) is 0 Å². The summed E-state index contributed by atoms with van der Waals surface area (Å²) in [5.41, 5.74) is 5.84. The number of amides is 1. The van der Waals surface area contributed by atoms with Crippen LogP contribution in [0.1, 0.15) is 46.9 Å². The summed E-state index contributed by atoms with van der Waals surface area (Å²) in [5, 5.41) is 0. The fourth-order valence-corrected chi connectivity index (χ4v) is 4.14. The molecular formula is C25H23FN2O3. The molecule has 2 aromatic carbocycles. The molecule has 2 heterocycles. The molecule has 4 rings (SSSR count). The van der Waals surface area contributed by atoms with E-state index in [0.29, 0.717) is 28.9 Å². The van der Waals surface area contributed by atoms with Gasteiger partial charge in [0, 0.05) is 22.3 Å². The molecule has 0 radical (unpaired) electrons. The third kappa shape index (κ3) is 3.69. The second-order valence-corrected chi connectivity index (χ2v) is 7.88. The Morgan fingerprint density at radius 3 is 2.48 bits per heavy atom. The van der Waals surface area contributed by atoms with Crippen molar-refractivity contribution in [2.45, 2.75) is 32.9 Å². The predicted octanol–water partition coefficient (Wildman–Crippen LogP) is 5.57. The number of ether oxygens (including phenoxy) is 1. The molecule has 0 unspecified atom stereocenters. The zero-order valence-electron chi connectivity index (χ0n) is 17.7. The minimum atomic E-state index is -0.465. The Kier molecular flexibility index (Phi) is 5.55. The summed E-state index contributed by atoms with van der Waals surface area (Å²) in [7, 11) is 1.35. The highest BCUT2D eigenvalue weighted by molar-refractivity contribution is 5.94. The maximum Gasteiger partial charge on any atom is 0.410 e. The number of halogens is 1. The van der Waals surface area contributed by atoms with Gasteiger partial charge in [0.1, 0.15) is 5.82 Å². The van der Waals surface area contributed by atoms with Gasteiger partial charge in [-0.15, -0.1) is 0 Å². The lowest BCUT2D eigenvalue weighted by Crippen LogP contribution is -2.29. The van der Waals surface area contributed by atoms with Gasteiger partial charge >= 0.3 is 6.09 Å². The summed E-state index contributed by atoms with van der Waals surface area (Å²) in [6.07, 6.45) is 0.342. The fourth-order valence-electron chi connectivity index (χ4n) is 4.14. The van der Waals surface area contributed by atoms with Crippen LogP contribution in [0.2, 0.25) is 0 Å². The van der Waals surface area contributed by atoms with E-state index in [1.165, 1.54) is 19.2 Å². The average molecular weight is 418 g/mol. The molecular weight excluding hydrogens is 395 g/mol. The minimum Gasteiger partial charge on any atom is -0.453 e. The van der Waals surface area contributed by atoms with Crippen molar-refractivity contribution in [2.75, 3.05) is 7.11 Å². The molecule has 1 aromatic heterocycles. The van der Waals surface area contributed by atoms with E-state index in [1.807, 2.05) is 38.1 Å². The standard InChI is InChI=1S/C25H23FN2O3/c1-15(2)23-21(14-29)22(16-8-10-18(26)11-9-16)20-13-28(25(30)31-3)12-17-6-4-5-7-19(17)24(20)27-23/h4-11,14-15H,12-13H2,1-3H3. The largest absolute Gasteiger partial charge is 0.453 e. The van der Waals surface area contributed by atoms with Crippen molar-refractivity contribution in [3.05, 3.63) is 76.7 Å². The molecule has 0 saturated carbocycles. The van der Waals surface area contributed by atoms with E-state index >= 15 is 0 Å². The molecule has 158 valence electrons. The molecule has 0 N–H and O–H groups in total. The number of hydrogen-bond donors (Lipinski definition) is 0. The van der Waals surface area contributed by atoms with Gasteiger partial charge in [0.05, 0.1) is 31.6 Å². The molecule has 0 fully saturated rings. The topological polar surface area (TPSA) is 59.5 Å². The van der Waals surface area contributed by atoms with Crippen LogP contribution < -0.4 is 0 Å². The molecule has 1 aliphatic heterocycles. The molecule has 1 amide bonds. The van der Waals surface area contributed by atoms with Crippen LogP contribution in [-0.2, 0) is 17.8 Å². The van der Waals surface area contributed by atoms with Crippen molar-refractivity contribution in [3.63, 3.8) is 0 Å². The second-order valence-electron chi connectivity index (χ2n) is 7.88. The lowest BCUT2D eigenvalue weighted by molar-refractivity contribution is 0.112. The highest BCUT2D eigenvalue weighted by Gasteiger charge is 2.30. The van der Waals surface area contributed by atoms with Gasteiger partial charge in [0.25, 0.3) is 0 Å². The molecule has 0 atom stereocenters. The number of carbonyl (C=O) groups excluding carboxylic acids is 2. The van der Waals surface area contributed by atoms with Gasteiger partial charge in [-0.1, -0.05) is 50.2 Å². The van der Waals surface area contributed by atoms with Crippen LogP contribution in [0.4, 0.5) is 9.18 Å². The van der Waals surface area contributed by atoms with E-state index in [1.54, 1.807) is 17.0 Å². The number of hydrogen-bond acceptors (Lipinski definition) is 4. The molecule has 5 nitrogen and oxygen atoms in total. The first-order valence-electron chi connectivity index (χ1n) is 10.1. The maximum atomic E-state index is 13.7. The SMILES string of the molecule is COC(=O)N1Cc2ccccc2-c2nc(C(C)C)c(C=O)c(-c3ccc(F)cc3)c2C1. The molecule has 0 saturated heterocycles. The molecule has 6 heteroatoms. The summed E-state index contributed by atoms with van der Waals surface area (Å²) in [4.78, 5) is 31.3. The van der Waals surface area contributed by atoms with Crippen LogP contribution in [0.3, 0.4) is 0 Å². The second kappa shape index (κ2) is 8.30. The quantitative estimate of drug-likeness (QED) is 0.522. The third-order valence-electron chi connectivity index (χ3n) is 5.58. The normalized spacial score (nSPS) is 12.7. The maximum absolute atomic E-state index is 13.7. The van der Waals surface area contributed by atoms with E-state index in [2.05, 4.69) is 0 Å². The van der Waals surface area contributed by atoms with Gasteiger partial charge < -0.3 is 4.74 Å². The number of fused-ring (bicyclic) bond motifs is 3. The third-order valence-corrected chi connectivity index (χ3v) is 5.58. The average Bonchev–Trinajstić information content (AvgIpc) is 2.94. The number of pyridine rings is 1. The van der Waals surface area contributed by atoms with Crippen LogP contribution in [0.25, 0.3) is 22.4 Å². The van der Waals surface area contributed by atoms with Crippen LogP contribution >= 0.6 is 0 Å².